The van der Waals surface area contributed by atoms with Crippen molar-refractivity contribution >= 4 is 6.09 Å². The molecule has 7 nitrogen and oxygen atoms in total. The van der Waals surface area contributed by atoms with Crippen LogP contribution in [0.25, 0.3) is 0 Å². The Hall–Kier alpha value is -1.76. The third kappa shape index (κ3) is 2.25. The molecule has 0 spiro atoms. The van der Waals surface area contributed by atoms with E-state index in [1.165, 1.54) is 4.90 Å². The first-order valence-electron chi connectivity index (χ1n) is 6.44. The highest BCUT2D eigenvalue weighted by atomic mass is 16.5. The molecule has 1 N–H and O–H groups in total. The van der Waals surface area contributed by atoms with Crippen LogP contribution < -0.4 is 4.74 Å². The van der Waals surface area contributed by atoms with Crippen LogP contribution in [0.3, 0.4) is 0 Å². The molecule has 0 aromatic carbocycles. The topological polar surface area (TPSA) is 76.8 Å². The van der Waals surface area contributed by atoms with Gasteiger partial charge >= 0.3 is 6.09 Å². The minimum absolute atomic E-state index is 0.0477. The van der Waals surface area contributed by atoms with Crippen molar-refractivity contribution in [1.29, 1.82) is 0 Å². The van der Waals surface area contributed by atoms with E-state index in [2.05, 4.69) is 5.10 Å². The fourth-order valence-electron chi connectivity index (χ4n) is 2.52. The van der Waals surface area contributed by atoms with Gasteiger partial charge in [-0.05, 0) is 6.92 Å². The van der Waals surface area contributed by atoms with Gasteiger partial charge in [0.15, 0.2) is 5.75 Å². The van der Waals surface area contributed by atoms with Crippen LogP contribution in [-0.2, 0) is 17.8 Å². The molecule has 2 aliphatic rings. The molecule has 1 amide bonds. The number of carboxylic acid groups (broad SMARTS) is 1. The molecular weight excluding hydrogens is 250 g/mol. The molecule has 3 rings (SSSR count). The first kappa shape index (κ1) is 12.3. The van der Waals surface area contributed by atoms with E-state index in [9.17, 15) is 9.90 Å². The average Bonchev–Trinajstić information content (AvgIpc) is 2.99. The number of nitrogens with zero attached hydrogens (tertiary/aromatic N) is 3. The third-order valence-corrected chi connectivity index (χ3v) is 3.63. The van der Waals surface area contributed by atoms with E-state index in [0.717, 1.165) is 12.1 Å². The fourth-order valence-corrected chi connectivity index (χ4v) is 2.52. The summed E-state index contributed by atoms with van der Waals surface area (Å²) in [5.74, 6) is 0.675. The Labute approximate surface area is 110 Å². The van der Waals surface area contributed by atoms with E-state index in [1.807, 2.05) is 11.6 Å². The summed E-state index contributed by atoms with van der Waals surface area (Å²) < 4.78 is 12.9. The van der Waals surface area contributed by atoms with Crippen LogP contribution >= 0.6 is 0 Å². The molecule has 0 saturated carbocycles. The number of ether oxygens (including phenoxy) is 2. The predicted octanol–water partition coefficient (Wildman–Crippen LogP) is 0.933. The van der Waals surface area contributed by atoms with Crippen molar-refractivity contribution in [1.82, 2.24) is 14.7 Å². The van der Waals surface area contributed by atoms with Crippen molar-refractivity contribution in [3.63, 3.8) is 0 Å². The molecule has 0 radical (unpaired) electrons. The van der Waals surface area contributed by atoms with E-state index in [1.54, 1.807) is 6.20 Å². The quantitative estimate of drug-likeness (QED) is 0.862. The third-order valence-electron chi connectivity index (χ3n) is 3.63. The van der Waals surface area contributed by atoms with Gasteiger partial charge in [0.2, 0.25) is 0 Å². The summed E-state index contributed by atoms with van der Waals surface area (Å²) in [6, 6.07) is -0.0763. The van der Waals surface area contributed by atoms with Crippen molar-refractivity contribution in [3.8, 4) is 5.75 Å². The van der Waals surface area contributed by atoms with Crippen LogP contribution in [0.1, 0.15) is 19.0 Å². The van der Waals surface area contributed by atoms with E-state index in [-0.39, 0.29) is 12.1 Å². The molecule has 3 heterocycles. The monoisotopic (exact) mass is 267 g/mol. The lowest BCUT2D eigenvalue weighted by atomic mass is 10.2. The predicted molar refractivity (Wildman–Crippen MR) is 65.1 cm³/mol. The molecule has 1 fully saturated rings. The molecular formula is C12H17N3O4. The largest absolute Gasteiger partial charge is 0.484 e. The number of amides is 1. The zero-order valence-electron chi connectivity index (χ0n) is 10.8. The fraction of sp³-hybridized carbons (Fsp3) is 0.667. The van der Waals surface area contributed by atoms with Gasteiger partial charge in [0.05, 0.1) is 38.5 Å². The molecule has 0 aliphatic carbocycles. The van der Waals surface area contributed by atoms with Crippen molar-refractivity contribution in [2.75, 3.05) is 13.2 Å². The van der Waals surface area contributed by atoms with Gasteiger partial charge in [-0.1, -0.05) is 0 Å². The Morgan fingerprint density at radius 2 is 2.47 bits per heavy atom. The summed E-state index contributed by atoms with van der Waals surface area (Å²) in [6.45, 7) is 4.06. The second kappa shape index (κ2) is 4.73. The van der Waals surface area contributed by atoms with Gasteiger partial charge in [-0.3, -0.25) is 9.58 Å². The van der Waals surface area contributed by atoms with Crippen LogP contribution in [0.2, 0.25) is 0 Å². The minimum atomic E-state index is -0.907. The number of fused-ring (bicyclic) bond motifs is 1. The van der Waals surface area contributed by atoms with Gasteiger partial charge in [0, 0.05) is 6.42 Å². The summed E-state index contributed by atoms with van der Waals surface area (Å²) in [5.41, 5.74) is 0.826. The Morgan fingerprint density at radius 1 is 1.63 bits per heavy atom. The highest BCUT2D eigenvalue weighted by Crippen LogP contribution is 2.27. The molecule has 104 valence electrons. The van der Waals surface area contributed by atoms with Crippen molar-refractivity contribution in [3.05, 3.63) is 11.9 Å². The normalized spacial score (nSPS) is 26.3. The summed E-state index contributed by atoms with van der Waals surface area (Å²) in [5, 5.41) is 13.5. The Kier molecular flexibility index (Phi) is 3.06. The second-order valence-electron chi connectivity index (χ2n) is 5.00. The standard InChI is InChI=1S/C12H17N3O4/c1-8-5-15-10(6-14(8)12(16)17)11(4-13-15)19-9-2-3-18-7-9/h4,8-9H,2-3,5-7H2,1H3,(H,16,17)/t8-,9?/m0/s1. The van der Waals surface area contributed by atoms with Gasteiger partial charge < -0.3 is 14.6 Å². The van der Waals surface area contributed by atoms with Gasteiger partial charge in [-0.2, -0.15) is 5.10 Å². The molecule has 1 saturated heterocycles. The van der Waals surface area contributed by atoms with Crippen LogP contribution in [0.5, 0.6) is 5.75 Å². The average molecular weight is 267 g/mol. The van der Waals surface area contributed by atoms with E-state index >= 15 is 0 Å². The summed E-state index contributed by atoms with van der Waals surface area (Å²) in [6.07, 6.45) is 1.68. The number of aromatic nitrogens is 2. The molecule has 2 atom stereocenters. The first-order valence-corrected chi connectivity index (χ1v) is 6.44. The Morgan fingerprint density at radius 3 is 3.16 bits per heavy atom. The lowest BCUT2D eigenvalue weighted by Gasteiger charge is -2.32. The maximum atomic E-state index is 11.2. The molecule has 7 heteroatoms. The van der Waals surface area contributed by atoms with Crippen molar-refractivity contribution in [2.24, 2.45) is 0 Å². The van der Waals surface area contributed by atoms with Gasteiger partial charge in [-0.25, -0.2) is 4.79 Å². The molecule has 2 aliphatic heterocycles. The smallest absolute Gasteiger partial charge is 0.407 e. The summed E-state index contributed by atoms with van der Waals surface area (Å²) in [7, 11) is 0. The van der Waals surface area contributed by atoms with Crippen LogP contribution in [0.15, 0.2) is 6.20 Å². The van der Waals surface area contributed by atoms with E-state index in [4.69, 9.17) is 9.47 Å². The van der Waals surface area contributed by atoms with E-state index < -0.39 is 6.09 Å². The number of hydrogen-bond acceptors (Lipinski definition) is 4. The molecule has 0 bridgehead atoms. The van der Waals surface area contributed by atoms with Crippen LogP contribution in [0, 0.1) is 0 Å². The van der Waals surface area contributed by atoms with Crippen LogP contribution in [-0.4, -0.2) is 51.2 Å². The minimum Gasteiger partial charge on any atom is -0.484 e. The van der Waals surface area contributed by atoms with Gasteiger partial charge in [-0.15, -0.1) is 0 Å². The zero-order chi connectivity index (χ0) is 13.4. The SMILES string of the molecule is C[C@H]1Cn2ncc(OC3CCOC3)c2CN1C(=O)O. The second-order valence-corrected chi connectivity index (χ2v) is 5.00. The zero-order valence-corrected chi connectivity index (χ0v) is 10.8. The lowest BCUT2D eigenvalue weighted by molar-refractivity contribution is 0.102. The molecule has 1 aromatic heterocycles. The summed E-state index contributed by atoms with van der Waals surface area (Å²) in [4.78, 5) is 12.6. The number of hydrogen-bond donors (Lipinski definition) is 1. The maximum absolute atomic E-state index is 11.2. The first-order chi connectivity index (χ1) is 9.15. The molecule has 1 aromatic rings. The lowest BCUT2D eigenvalue weighted by Crippen LogP contribution is -2.44. The van der Waals surface area contributed by atoms with Crippen molar-refractivity contribution < 1.29 is 19.4 Å². The van der Waals surface area contributed by atoms with Crippen molar-refractivity contribution in [2.45, 2.75) is 38.6 Å². The van der Waals surface area contributed by atoms with Crippen LogP contribution in [0.4, 0.5) is 4.79 Å². The Balaban J connectivity index is 1.80. The van der Waals surface area contributed by atoms with Gasteiger partial charge in [0.25, 0.3) is 0 Å². The highest BCUT2D eigenvalue weighted by Gasteiger charge is 2.30. The van der Waals surface area contributed by atoms with Gasteiger partial charge in [0.1, 0.15) is 11.8 Å². The maximum Gasteiger partial charge on any atom is 0.407 e. The Bertz CT molecular complexity index is 481. The summed E-state index contributed by atoms with van der Waals surface area (Å²) >= 11 is 0. The number of rotatable bonds is 2. The number of carbonyl (C=O) groups is 1. The van der Waals surface area contributed by atoms with E-state index in [0.29, 0.717) is 32.1 Å². The molecule has 19 heavy (non-hydrogen) atoms. The molecule has 1 unspecified atom stereocenters. The highest BCUT2D eigenvalue weighted by molar-refractivity contribution is 5.65.